The van der Waals surface area contributed by atoms with Crippen molar-refractivity contribution >= 4 is 22.7 Å². The Labute approximate surface area is 565 Å². The summed E-state index contributed by atoms with van der Waals surface area (Å²) >= 11 is 0. The van der Waals surface area contributed by atoms with E-state index >= 15 is 0 Å². The Morgan fingerprint density at radius 2 is 0.670 bits per heavy atom. The van der Waals surface area contributed by atoms with Gasteiger partial charge in [0, 0.05) is 146 Å². The number of hydrogen-bond acceptors (Lipinski definition) is 8. The van der Waals surface area contributed by atoms with Gasteiger partial charge in [-0.05, 0) is 218 Å². The molecule has 12 rings (SSSR count). The molecule has 0 amide bonds. The quantitative estimate of drug-likeness (QED) is 0.126. The number of nitrogens with zero attached hydrogens (tertiary/aromatic N) is 12. The number of pyridine rings is 4. The van der Waals surface area contributed by atoms with Crippen molar-refractivity contribution in [3.05, 3.63) is 239 Å². The molecule has 4 atom stereocenters. The van der Waals surface area contributed by atoms with Gasteiger partial charge in [-0.1, -0.05) is 24.3 Å². The number of rotatable bonds is 10. The van der Waals surface area contributed by atoms with Crippen LogP contribution in [0.3, 0.4) is 0 Å². The van der Waals surface area contributed by atoms with E-state index in [9.17, 15) is 0 Å². The largest absolute Gasteiger partial charge is 0.359 e. The van der Waals surface area contributed by atoms with E-state index in [1.165, 1.54) is 123 Å². The highest BCUT2D eigenvalue weighted by molar-refractivity contribution is 5.76. The van der Waals surface area contributed by atoms with Crippen LogP contribution in [-0.2, 0) is 28.2 Å². The summed E-state index contributed by atoms with van der Waals surface area (Å²) in [5, 5.41) is 0. The molecule has 0 fully saturated rings. The lowest BCUT2D eigenvalue weighted by atomic mass is 9.97. The molecular weight excluding hydrogens is 1150 g/mol. The zero-order valence-corrected chi connectivity index (χ0v) is 61.2. The Morgan fingerprint density at radius 3 is 1.03 bits per heavy atom. The summed E-state index contributed by atoms with van der Waals surface area (Å²) in [6.07, 6.45) is 27.4. The first kappa shape index (κ1) is 69.2. The van der Waals surface area contributed by atoms with Crippen LogP contribution >= 0.6 is 0 Å². The molecule has 0 radical (unpaired) electrons. The van der Waals surface area contributed by atoms with Crippen LogP contribution < -0.4 is 37.9 Å². The van der Waals surface area contributed by atoms with Crippen LogP contribution in [0.4, 0.5) is 22.7 Å². The predicted molar refractivity (Wildman–Crippen MR) is 393 cm³/mol. The highest BCUT2D eigenvalue weighted by Gasteiger charge is 2.31. The second-order valence-electron chi connectivity index (χ2n) is 27.2. The Bertz CT molecular complexity index is 4170. The maximum absolute atomic E-state index is 2.39. The first-order chi connectivity index (χ1) is 44.6. The minimum Gasteiger partial charge on any atom is -0.359 e. The molecule has 12 heteroatoms. The molecule has 0 aliphatic carbocycles. The topological polar surface area (TPSA) is 41.4 Å². The number of aromatic nitrogens is 4. The molecule has 4 aromatic carbocycles. The summed E-state index contributed by atoms with van der Waals surface area (Å²) in [6.45, 7) is 39.9. The van der Waals surface area contributed by atoms with Crippen molar-refractivity contribution in [3.63, 3.8) is 0 Å². The smallest absolute Gasteiger partial charge is 0.215 e. The van der Waals surface area contributed by atoms with E-state index in [2.05, 4.69) is 408 Å². The van der Waals surface area contributed by atoms with Crippen molar-refractivity contribution in [1.82, 2.24) is 19.6 Å². The summed E-state index contributed by atoms with van der Waals surface area (Å²) in [5.74, 6) is 0. The summed E-state index contributed by atoms with van der Waals surface area (Å²) < 4.78 is 8.85. The van der Waals surface area contributed by atoms with Gasteiger partial charge in [-0.15, -0.1) is 0 Å². The third kappa shape index (κ3) is 14.2. The van der Waals surface area contributed by atoms with E-state index in [-0.39, 0.29) is 0 Å². The zero-order chi connectivity index (χ0) is 68.3. The van der Waals surface area contributed by atoms with E-state index in [4.69, 9.17) is 0 Å². The fraction of sp³-hybridized carbons (Fsp3) is 0.366. The van der Waals surface area contributed by atoms with Crippen molar-refractivity contribution in [3.8, 4) is 45.0 Å². The van der Waals surface area contributed by atoms with Gasteiger partial charge in [0.2, 0.25) is 22.8 Å². The molecular formula is C82H108N12+4. The highest BCUT2D eigenvalue weighted by Crippen LogP contribution is 2.38. The molecule has 8 aromatic rings. The lowest BCUT2D eigenvalue weighted by Gasteiger charge is -2.33. The minimum absolute atomic E-state index is 0.336. The summed E-state index contributed by atoms with van der Waals surface area (Å²) in [5.41, 5.74) is 28.5. The van der Waals surface area contributed by atoms with Crippen LogP contribution in [0.2, 0.25) is 0 Å². The normalized spacial score (nSPS) is 17.2. The molecule has 0 saturated heterocycles. The molecule has 4 aromatic heterocycles. The third-order valence-electron chi connectivity index (χ3n) is 20.2. The predicted octanol–water partition coefficient (Wildman–Crippen LogP) is 15.6. The molecule has 12 nitrogen and oxygen atoms in total. The van der Waals surface area contributed by atoms with Gasteiger partial charge in [0.05, 0.1) is 22.3 Å². The van der Waals surface area contributed by atoms with Crippen LogP contribution in [0.15, 0.2) is 184 Å². The van der Waals surface area contributed by atoms with Gasteiger partial charge in [-0.2, -0.15) is 0 Å². The number of benzene rings is 4. The van der Waals surface area contributed by atoms with Gasteiger partial charge < -0.3 is 39.2 Å². The molecule has 492 valence electrons. The Kier molecular flexibility index (Phi) is 21.3. The lowest BCUT2D eigenvalue weighted by molar-refractivity contribution is -0.660. The molecule has 0 saturated carbocycles. The van der Waals surface area contributed by atoms with Crippen LogP contribution in [0, 0.1) is 69.2 Å². The second-order valence-corrected chi connectivity index (χ2v) is 27.2. The van der Waals surface area contributed by atoms with E-state index in [1.54, 1.807) is 0 Å². The zero-order valence-electron chi connectivity index (χ0n) is 61.2. The van der Waals surface area contributed by atoms with Crippen molar-refractivity contribution < 1.29 is 18.3 Å². The fourth-order valence-corrected chi connectivity index (χ4v) is 13.7. The van der Waals surface area contributed by atoms with E-state index in [0.717, 1.165) is 0 Å². The van der Waals surface area contributed by atoms with E-state index in [0.29, 0.717) is 36.7 Å². The van der Waals surface area contributed by atoms with Gasteiger partial charge in [0.15, 0.2) is 24.8 Å². The van der Waals surface area contributed by atoms with Crippen LogP contribution in [0.5, 0.6) is 0 Å². The van der Waals surface area contributed by atoms with Gasteiger partial charge >= 0.3 is 0 Å². The summed E-state index contributed by atoms with van der Waals surface area (Å²) in [6, 6.07) is 40.7. The van der Waals surface area contributed by atoms with Crippen molar-refractivity contribution in [2.45, 2.75) is 161 Å². The third-order valence-corrected chi connectivity index (χ3v) is 20.2. The molecule has 0 bridgehead atoms. The molecule has 94 heavy (non-hydrogen) atoms. The van der Waals surface area contributed by atoms with Crippen molar-refractivity contribution in [1.29, 1.82) is 0 Å². The van der Waals surface area contributed by atoms with Gasteiger partial charge in [-0.25, -0.2) is 18.3 Å². The molecule has 4 aliphatic heterocycles. The van der Waals surface area contributed by atoms with E-state index in [1.807, 2.05) is 0 Å². The van der Waals surface area contributed by atoms with Gasteiger partial charge in [0.25, 0.3) is 0 Å². The molecule has 0 unspecified atom stereocenters. The first-order valence-electron chi connectivity index (χ1n) is 33.7. The summed E-state index contributed by atoms with van der Waals surface area (Å²) in [4.78, 5) is 18.6. The average Bonchev–Trinajstić information content (AvgIpc) is 1.28. The Balaban J connectivity index is 0.000000148. The molecule has 4 aliphatic rings. The first-order valence-corrected chi connectivity index (χ1v) is 33.7. The minimum atomic E-state index is 0.336. The molecule has 8 heterocycles. The maximum atomic E-state index is 2.39. The van der Waals surface area contributed by atoms with Gasteiger partial charge in [-0.3, -0.25) is 0 Å². The highest BCUT2D eigenvalue weighted by atomic mass is 15.4. The van der Waals surface area contributed by atoms with Crippen molar-refractivity contribution in [2.75, 3.05) is 33.7 Å². The van der Waals surface area contributed by atoms with E-state index < -0.39 is 0 Å². The second kappa shape index (κ2) is 29.0. The monoisotopic (exact) mass is 1260 g/mol. The Hall–Kier alpha value is -9.16. The number of hydrogen-bond donors (Lipinski definition) is 0. The lowest BCUT2D eigenvalue weighted by Crippen LogP contribution is -2.39. The SMILES string of the molecule is Cc1cc(-c2cccc(N3C=CN(C(C)C)[C@H]3C)c2C)[n+](C)cc1C.Cc1cc[n+](C)c(-c2cccc(N3C=CN(C(C)C)[C@H]3C)c2C)c1.Cc1cc[n+](C)c(-c2cccc(N3C=CN(C)[C@H]3C)c2C)c1.Cc1cc[n+](C)c(-c2cccc(N3C=CN(C)[C@H]3C)c2C)c1C. The molecule has 0 spiro atoms. The van der Waals surface area contributed by atoms with Crippen molar-refractivity contribution in [2.24, 2.45) is 28.2 Å². The Morgan fingerprint density at radius 1 is 0.330 bits per heavy atom. The fourth-order valence-electron chi connectivity index (χ4n) is 13.7. The number of anilines is 4. The summed E-state index contributed by atoms with van der Waals surface area (Å²) in [7, 11) is 12.7. The van der Waals surface area contributed by atoms with Crippen LogP contribution in [0.1, 0.15) is 111 Å². The standard InChI is InChI=1S/C22H30N3.C21H28N3.C20H26N3.C19H24N3/c1-15(2)24-11-12-25(19(24)6)21-10-8-9-20(18(21)5)22-13-16(3)17(4)14-23(22)7;1-15(2)23-12-13-24(18(23)5)20-9-7-8-19(17(20)4)21-14-16(3)10-11-22(21)6;1-14-10-11-22(6)20(15(14)2)18-8-7-9-19(16(18)3)23-13-12-21(5)17(23)4;1-14-9-10-21(5)19(13-14)17-7-6-8-18(15(17)2)22-12-11-20(4)16(22)3/h8-15,19H,1-7H3;7-15,18H,1-6H3;7-13,17H,1-6H3;6-13,16H,1-5H3/q4*+1/t19-;18-;17-;16-/m1111/s1. The number of aryl methyl sites for hydroxylation is 9. The molecule has 0 N–H and O–H groups in total. The van der Waals surface area contributed by atoms with Gasteiger partial charge in [0.1, 0.15) is 52.9 Å². The maximum Gasteiger partial charge on any atom is 0.215 e. The average molecular weight is 1260 g/mol. The van der Waals surface area contributed by atoms with Crippen LogP contribution in [0.25, 0.3) is 45.0 Å². The van der Waals surface area contributed by atoms with Crippen LogP contribution in [-0.4, -0.2) is 70.4 Å².